The number of carbonyl (C=O) groups excluding carboxylic acids is 1. The van der Waals surface area contributed by atoms with Gasteiger partial charge in [0.15, 0.2) is 0 Å². The fourth-order valence-electron chi connectivity index (χ4n) is 1.65. The summed E-state index contributed by atoms with van der Waals surface area (Å²) in [4.78, 5) is 11.4. The molecule has 1 aromatic rings. The minimum Gasteiger partial charge on any atom is -0.300 e. The summed E-state index contributed by atoms with van der Waals surface area (Å²) in [6, 6.07) is 10.3. The Balaban J connectivity index is 2.12. The van der Waals surface area contributed by atoms with Crippen molar-refractivity contribution in [2.24, 2.45) is 0 Å². The third-order valence-electron chi connectivity index (χ3n) is 2.54. The Morgan fingerprint density at radius 1 is 1.12 bits per heavy atom. The monoisotopic (exact) mass is 214 g/mol. The molecule has 1 rings (SSSR count). The highest BCUT2D eigenvalue weighted by molar-refractivity contribution is 5.78. The standard InChI is InChI=1S/C15H18O/c1-2-3-5-12-15(16)13-8-11-14-9-6-4-7-10-14/h1,4,6-7,9-10H,3,5,8,11-13H2. The molecule has 0 spiro atoms. The van der Waals surface area contributed by atoms with E-state index in [2.05, 4.69) is 18.1 Å². The zero-order valence-electron chi connectivity index (χ0n) is 9.61. The Morgan fingerprint density at radius 3 is 2.50 bits per heavy atom. The molecular weight excluding hydrogens is 196 g/mol. The van der Waals surface area contributed by atoms with Gasteiger partial charge in [-0.15, -0.1) is 12.3 Å². The summed E-state index contributed by atoms with van der Waals surface area (Å²) < 4.78 is 0. The Morgan fingerprint density at radius 2 is 1.81 bits per heavy atom. The van der Waals surface area contributed by atoms with Gasteiger partial charge >= 0.3 is 0 Å². The van der Waals surface area contributed by atoms with Gasteiger partial charge in [0.25, 0.3) is 0 Å². The highest BCUT2D eigenvalue weighted by Crippen LogP contribution is 2.07. The first-order valence-electron chi connectivity index (χ1n) is 5.82. The summed E-state index contributed by atoms with van der Waals surface area (Å²) in [5.41, 5.74) is 1.30. The van der Waals surface area contributed by atoms with Crippen LogP contribution in [0.2, 0.25) is 0 Å². The fraction of sp³-hybridized carbons (Fsp3) is 0.400. The topological polar surface area (TPSA) is 17.1 Å². The number of unbranched alkanes of at least 4 members (excludes halogenated alkanes) is 1. The zero-order valence-corrected chi connectivity index (χ0v) is 9.61. The molecule has 1 aromatic carbocycles. The molecule has 0 saturated heterocycles. The molecule has 0 amide bonds. The van der Waals surface area contributed by atoms with E-state index in [0.29, 0.717) is 25.0 Å². The Kier molecular flexibility index (Phi) is 6.03. The van der Waals surface area contributed by atoms with Crippen molar-refractivity contribution in [3.05, 3.63) is 35.9 Å². The lowest BCUT2D eigenvalue weighted by molar-refractivity contribution is -0.119. The molecule has 0 N–H and O–H groups in total. The second-order valence-electron chi connectivity index (χ2n) is 3.94. The molecule has 0 aliphatic rings. The molecule has 16 heavy (non-hydrogen) atoms. The van der Waals surface area contributed by atoms with Crippen LogP contribution in [0.15, 0.2) is 30.3 Å². The largest absolute Gasteiger partial charge is 0.300 e. The molecular formula is C15H18O. The predicted octanol–water partition coefficient (Wildman–Crippen LogP) is 3.38. The van der Waals surface area contributed by atoms with E-state index in [1.54, 1.807) is 0 Å². The number of rotatable bonds is 7. The van der Waals surface area contributed by atoms with E-state index in [0.717, 1.165) is 19.3 Å². The van der Waals surface area contributed by atoms with Gasteiger partial charge in [-0.05, 0) is 24.8 Å². The Labute approximate surface area is 97.9 Å². The molecule has 0 saturated carbocycles. The quantitative estimate of drug-likeness (QED) is 0.502. The van der Waals surface area contributed by atoms with Crippen molar-refractivity contribution in [3.8, 4) is 12.3 Å². The summed E-state index contributed by atoms with van der Waals surface area (Å²) >= 11 is 0. The van der Waals surface area contributed by atoms with Gasteiger partial charge < -0.3 is 0 Å². The summed E-state index contributed by atoms with van der Waals surface area (Å²) in [6.45, 7) is 0. The van der Waals surface area contributed by atoms with E-state index in [9.17, 15) is 4.79 Å². The van der Waals surface area contributed by atoms with Gasteiger partial charge in [0.05, 0.1) is 0 Å². The van der Waals surface area contributed by atoms with Crippen molar-refractivity contribution >= 4 is 5.78 Å². The van der Waals surface area contributed by atoms with Crippen LogP contribution in [0.25, 0.3) is 0 Å². The third-order valence-corrected chi connectivity index (χ3v) is 2.54. The van der Waals surface area contributed by atoms with E-state index in [-0.39, 0.29) is 0 Å². The number of hydrogen-bond acceptors (Lipinski definition) is 1. The van der Waals surface area contributed by atoms with Gasteiger partial charge in [-0.2, -0.15) is 0 Å². The van der Waals surface area contributed by atoms with Crippen molar-refractivity contribution < 1.29 is 4.79 Å². The number of carbonyl (C=O) groups is 1. The maximum absolute atomic E-state index is 11.4. The smallest absolute Gasteiger partial charge is 0.132 e. The minimum atomic E-state index is 0.339. The second-order valence-corrected chi connectivity index (χ2v) is 3.94. The molecule has 0 fully saturated rings. The second kappa shape index (κ2) is 7.70. The lowest BCUT2D eigenvalue weighted by Crippen LogP contribution is -1.98. The van der Waals surface area contributed by atoms with Gasteiger partial charge in [-0.1, -0.05) is 30.3 Å². The van der Waals surface area contributed by atoms with Crippen LogP contribution in [0.4, 0.5) is 0 Å². The van der Waals surface area contributed by atoms with Crippen LogP contribution in [0.5, 0.6) is 0 Å². The summed E-state index contributed by atoms with van der Waals surface area (Å²) in [5.74, 6) is 2.89. The van der Waals surface area contributed by atoms with Crippen LogP contribution in [0.1, 0.15) is 37.7 Å². The average Bonchev–Trinajstić information content (AvgIpc) is 2.31. The molecule has 0 bridgehead atoms. The van der Waals surface area contributed by atoms with Crippen molar-refractivity contribution in [2.45, 2.75) is 38.5 Å². The SMILES string of the molecule is C#CCCCC(=O)CCCc1ccccc1. The highest BCUT2D eigenvalue weighted by atomic mass is 16.1. The van der Waals surface area contributed by atoms with Crippen molar-refractivity contribution in [3.63, 3.8) is 0 Å². The molecule has 1 heteroatoms. The lowest BCUT2D eigenvalue weighted by Gasteiger charge is -2.00. The summed E-state index contributed by atoms with van der Waals surface area (Å²) in [5, 5.41) is 0. The van der Waals surface area contributed by atoms with Crippen LogP contribution in [-0.4, -0.2) is 5.78 Å². The molecule has 1 nitrogen and oxygen atoms in total. The highest BCUT2D eigenvalue weighted by Gasteiger charge is 2.01. The van der Waals surface area contributed by atoms with Gasteiger partial charge in [-0.25, -0.2) is 0 Å². The van der Waals surface area contributed by atoms with Crippen LogP contribution in [0.3, 0.4) is 0 Å². The molecule has 0 aromatic heterocycles. The van der Waals surface area contributed by atoms with Crippen molar-refractivity contribution in [1.29, 1.82) is 0 Å². The van der Waals surface area contributed by atoms with Crippen LogP contribution in [-0.2, 0) is 11.2 Å². The van der Waals surface area contributed by atoms with Gasteiger partial charge in [0, 0.05) is 19.3 Å². The van der Waals surface area contributed by atoms with Crippen molar-refractivity contribution in [1.82, 2.24) is 0 Å². The molecule has 0 heterocycles. The number of terminal acetylenes is 1. The van der Waals surface area contributed by atoms with Gasteiger partial charge in [0.1, 0.15) is 5.78 Å². The van der Waals surface area contributed by atoms with E-state index < -0.39 is 0 Å². The van der Waals surface area contributed by atoms with Crippen molar-refractivity contribution in [2.75, 3.05) is 0 Å². The number of ketones is 1. The number of benzene rings is 1. The first-order valence-corrected chi connectivity index (χ1v) is 5.82. The molecule has 0 aliphatic carbocycles. The van der Waals surface area contributed by atoms with Gasteiger partial charge in [-0.3, -0.25) is 4.79 Å². The molecule has 84 valence electrons. The average molecular weight is 214 g/mol. The maximum atomic E-state index is 11.4. The van der Waals surface area contributed by atoms with Crippen LogP contribution < -0.4 is 0 Å². The van der Waals surface area contributed by atoms with E-state index in [1.165, 1.54) is 5.56 Å². The Hall–Kier alpha value is -1.55. The van der Waals surface area contributed by atoms with Gasteiger partial charge in [0.2, 0.25) is 0 Å². The number of aryl methyl sites for hydroxylation is 1. The van der Waals surface area contributed by atoms with E-state index >= 15 is 0 Å². The normalized spacial score (nSPS) is 9.69. The molecule has 0 unspecified atom stereocenters. The zero-order chi connectivity index (χ0) is 11.6. The fourth-order valence-corrected chi connectivity index (χ4v) is 1.65. The lowest BCUT2D eigenvalue weighted by atomic mass is 10.0. The van der Waals surface area contributed by atoms with E-state index in [1.807, 2.05) is 18.2 Å². The minimum absolute atomic E-state index is 0.339. The predicted molar refractivity (Wildman–Crippen MR) is 67.1 cm³/mol. The number of hydrogen-bond donors (Lipinski definition) is 0. The number of Topliss-reactive ketones (excluding diaryl/α,β-unsaturated/α-hetero) is 1. The maximum Gasteiger partial charge on any atom is 0.132 e. The first kappa shape index (κ1) is 12.5. The third kappa shape index (κ3) is 5.36. The molecule has 0 radical (unpaired) electrons. The Bertz CT molecular complexity index is 345. The molecule has 0 aliphatic heterocycles. The summed E-state index contributed by atoms with van der Waals surface area (Å²) in [7, 11) is 0. The van der Waals surface area contributed by atoms with E-state index in [4.69, 9.17) is 6.42 Å². The molecule has 0 atom stereocenters. The first-order chi connectivity index (χ1) is 7.83. The van der Waals surface area contributed by atoms with Crippen LogP contribution >= 0.6 is 0 Å². The summed E-state index contributed by atoms with van der Waals surface area (Å²) in [6.07, 6.45) is 9.93. The van der Waals surface area contributed by atoms with Crippen LogP contribution in [0, 0.1) is 12.3 Å².